The Morgan fingerprint density at radius 3 is 3.00 bits per heavy atom. The van der Waals surface area contributed by atoms with Crippen molar-refractivity contribution in [3.05, 3.63) is 35.4 Å². The van der Waals surface area contributed by atoms with Gasteiger partial charge in [0.1, 0.15) is 5.88 Å². The third-order valence-electron chi connectivity index (χ3n) is 2.92. The lowest BCUT2D eigenvalue weighted by Crippen LogP contribution is -2.48. The number of amides is 1. The lowest BCUT2D eigenvalue weighted by Gasteiger charge is -2.34. The zero-order chi connectivity index (χ0) is 11.6. The third kappa shape index (κ3) is 2.06. The first-order valence-electron chi connectivity index (χ1n) is 5.33. The summed E-state index contributed by atoms with van der Waals surface area (Å²) in [7, 11) is 0. The minimum absolute atomic E-state index is 0.134. The van der Waals surface area contributed by atoms with E-state index in [0.29, 0.717) is 6.42 Å². The molecule has 1 unspecified atom stereocenters. The molecule has 0 spiro atoms. The molecule has 1 aromatic carbocycles. The molecule has 1 aliphatic rings. The van der Waals surface area contributed by atoms with E-state index in [4.69, 9.17) is 11.6 Å². The van der Waals surface area contributed by atoms with Crippen LogP contribution in [0.1, 0.15) is 24.0 Å². The van der Waals surface area contributed by atoms with Gasteiger partial charge in [-0.3, -0.25) is 4.79 Å². The predicted octanol–water partition coefficient (Wildman–Crippen LogP) is 1.52. The smallest absolute Gasteiger partial charge is 0.237 e. The van der Waals surface area contributed by atoms with Crippen molar-refractivity contribution in [3.8, 4) is 0 Å². The van der Waals surface area contributed by atoms with E-state index in [9.17, 15) is 9.90 Å². The summed E-state index contributed by atoms with van der Waals surface area (Å²) in [5, 5.41) is 13.0. The van der Waals surface area contributed by atoms with E-state index in [0.717, 1.165) is 24.0 Å². The molecule has 1 atom stereocenters. The molecule has 2 N–H and O–H groups in total. The fourth-order valence-corrected chi connectivity index (χ4v) is 2.27. The Hall–Kier alpha value is -1.06. The van der Waals surface area contributed by atoms with Crippen LogP contribution in [0.25, 0.3) is 0 Å². The van der Waals surface area contributed by atoms with Gasteiger partial charge in [-0.1, -0.05) is 24.3 Å². The highest BCUT2D eigenvalue weighted by molar-refractivity contribution is 6.27. The summed E-state index contributed by atoms with van der Waals surface area (Å²) < 4.78 is 0. The Bertz CT molecular complexity index is 408. The van der Waals surface area contributed by atoms with Crippen molar-refractivity contribution < 1.29 is 9.90 Å². The maximum Gasteiger partial charge on any atom is 0.237 e. The summed E-state index contributed by atoms with van der Waals surface area (Å²) in [6.07, 6.45) is 2.33. The predicted molar refractivity (Wildman–Crippen MR) is 62.1 cm³/mol. The molecular formula is C12H14ClNO2. The number of alkyl halides is 1. The molecule has 86 valence electrons. The fraction of sp³-hybridized carbons (Fsp3) is 0.417. The van der Waals surface area contributed by atoms with Gasteiger partial charge in [0.05, 0.1) is 0 Å². The van der Waals surface area contributed by atoms with E-state index in [1.54, 1.807) is 0 Å². The second kappa shape index (κ2) is 4.44. The lowest BCUT2D eigenvalue weighted by molar-refractivity contribution is -0.128. The number of hydrogen-bond acceptors (Lipinski definition) is 2. The first-order valence-corrected chi connectivity index (χ1v) is 5.87. The highest BCUT2D eigenvalue weighted by atomic mass is 35.5. The molecule has 0 saturated heterocycles. The first kappa shape index (κ1) is 11.4. The number of carbonyl (C=O) groups is 1. The van der Waals surface area contributed by atoms with Crippen molar-refractivity contribution in [2.45, 2.75) is 25.0 Å². The molecule has 0 heterocycles. The van der Waals surface area contributed by atoms with Gasteiger partial charge in [-0.15, -0.1) is 11.6 Å². The molecule has 0 saturated carbocycles. The summed E-state index contributed by atoms with van der Waals surface area (Å²) in [6, 6.07) is 7.63. The number of aliphatic hydroxyl groups is 1. The van der Waals surface area contributed by atoms with Crippen LogP contribution in [0.15, 0.2) is 24.3 Å². The summed E-state index contributed by atoms with van der Waals surface area (Å²) in [6.45, 7) is 0. The van der Waals surface area contributed by atoms with E-state index in [-0.39, 0.29) is 11.8 Å². The van der Waals surface area contributed by atoms with E-state index < -0.39 is 5.72 Å². The molecule has 2 rings (SSSR count). The molecule has 1 amide bonds. The molecule has 1 aromatic rings. The van der Waals surface area contributed by atoms with Crippen LogP contribution in [0.3, 0.4) is 0 Å². The monoisotopic (exact) mass is 239 g/mol. The quantitative estimate of drug-likeness (QED) is 0.607. The maximum absolute atomic E-state index is 11.3. The number of halogens is 1. The zero-order valence-corrected chi connectivity index (χ0v) is 9.63. The van der Waals surface area contributed by atoms with E-state index >= 15 is 0 Å². The van der Waals surface area contributed by atoms with Crippen molar-refractivity contribution in [1.29, 1.82) is 0 Å². The number of fused-ring (bicyclic) bond motifs is 1. The number of carbonyl (C=O) groups excluding carboxylic acids is 1. The zero-order valence-electron chi connectivity index (χ0n) is 8.87. The van der Waals surface area contributed by atoms with Crippen LogP contribution in [0.4, 0.5) is 0 Å². The molecular weight excluding hydrogens is 226 g/mol. The molecule has 1 aliphatic carbocycles. The highest BCUT2D eigenvalue weighted by Crippen LogP contribution is 2.32. The summed E-state index contributed by atoms with van der Waals surface area (Å²) in [5.74, 6) is -0.481. The van der Waals surface area contributed by atoms with Crippen LogP contribution in [0, 0.1) is 0 Å². The number of aryl methyl sites for hydroxylation is 1. The van der Waals surface area contributed by atoms with E-state index in [1.165, 1.54) is 0 Å². The number of benzene rings is 1. The lowest BCUT2D eigenvalue weighted by atomic mass is 9.84. The molecule has 0 aliphatic heterocycles. The average Bonchev–Trinajstić information content (AvgIpc) is 2.29. The van der Waals surface area contributed by atoms with Gasteiger partial charge in [0.15, 0.2) is 5.72 Å². The molecule has 4 heteroatoms. The Morgan fingerprint density at radius 2 is 2.25 bits per heavy atom. The first-order chi connectivity index (χ1) is 7.65. The standard InChI is InChI=1S/C12H14ClNO2/c13-8-11(15)14-12(16)7-3-5-9-4-1-2-6-10(9)12/h1-2,4,6,16H,3,5,7-8H2,(H,14,15). The largest absolute Gasteiger partial charge is 0.367 e. The highest BCUT2D eigenvalue weighted by Gasteiger charge is 2.35. The van der Waals surface area contributed by atoms with Gasteiger partial charge >= 0.3 is 0 Å². The SMILES string of the molecule is O=C(CCl)NC1(O)CCCc2ccccc21. The second-order valence-corrected chi connectivity index (χ2v) is 4.32. The van der Waals surface area contributed by atoms with Gasteiger partial charge in [-0.2, -0.15) is 0 Å². The molecule has 0 bridgehead atoms. The number of rotatable bonds is 2. The summed E-state index contributed by atoms with van der Waals surface area (Å²) >= 11 is 5.44. The third-order valence-corrected chi connectivity index (χ3v) is 3.16. The Labute approximate surface area is 99.4 Å². The van der Waals surface area contributed by atoms with Gasteiger partial charge in [0, 0.05) is 5.56 Å². The van der Waals surface area contributed by atoms with Crippen LogP contribution < -0.4 is 5.32 Å². The van der Waals surface area contributed by atoms with Gasteiger partial charge in [-0.25, -0.2) is 0 Å². The second-order valence-electron chi connectivity index (χ2n) is 4.05. The Morgan fingerprint density at radius 1 is 1.50 bits per heavy atom. The van der Waals surface area contributed by atoms with Crippen molar-refractivity contribution >= 4 is 17.5 Å². The number of nitrogens with one attached hydrogen (secondary N) is 1. The Kier molecular flexibility index (Phi) is 3.17. The van der Waals surface area contributed by atoms with Crippen LogP contribution in [0.5, 0.6) is 0 Å². The van der Waals surface area contributed by atoms with Gasteiger partial charge in [0.2, 0.25) is 5.91 Å². The van der Waals surface area contributed by atoms with Crippen molar-refractivity contribution in [2.75, 3.05) is 5.88 Å². The van der Waals surface area contributed by atoms with Gasteiger partial charge < -0.3 is 10.4 Å². The number of hydrogen-bond donors (Lipinski definition) is 2. The molecule has 16 heavy (non-hydrogen) atoms. The molecule has 0 fully saturated rings. The maximum atomic E-state index is 11.3. The van der Waals surface area contributed by atoms with Gasteiger partial charge in [0.25, 0.3) is 0 Å². The van der Waals surface area contributed by atoms with E-state index in [2.05, 4.69) is 5.32 Å². The average molecular weight is 240 g/mol. The minimum Gasteiger partial charge on any atom is -0.367 e. The summed E-state index contributed by atoms with van der Waals surface area (Å²) in [5.41, 5.74) is 0.631. The van der Waals surface area contributed by atoms with Crippen LogP contribution in [-0.2, 0) is 16.9 Å². The van der Waals surface area contributed by atoms with Crippen LogP contribution in [0.2, 0.25) is 0 Å². The fourth-order valence-electron chi connectivity index (χ4n) is 2.21. The van der Waals surface area contributed by atoms with Crippen molar-refractivity contribution in [2.24, 2.45) is 0 Å². The molecule has 0 aromatic heterocycles. The van der Waals surface area contributed by atoms with Crippen molar-refractivity contribution in [1.82, 2.24) is 5.32 Å². The summed E-state index contributed by atoms with van der Waals surface area (Å²) in [4.78, 5) is 11.3. The van der Waals surface area contributed by atoms with Crippen molar-refractivity contribution in [3.63, 3.8) is 0 Å². The van der Waals surface area contributed by atoms with E-state index in [1.807, 2.05) is 24.3 Å². The minimum atomic E-state index is -1.25. The van der Waals surface area contributed by atoms with Crippen LogP contribution >= 0.6 is 11.6 Å². The van der Waals surface area contributed by atoms with Crippen LogP contribution in [-0.4, -0.2) is 16.9 Å². The Balaban J connectivity index is 2.32. The topological polar surface area (TPSA) is 49.3 Å². The van der Waals surface area contributed by atoms with Gasteiger partial charge in [-0.05, 0) is 24.8 Å². The molecule has 0 radical (unpaired) electrons. The normalized spacial score (nSPS) is 23.6. The molecule has 3 nitrogen and oxygen atoms in total.